The molecule has 0 aliphatic carbocycles. The quantitative estimate of drug-likeness (QED) is 0.0891. The van der Waals surface area contributed by atoms with Crippen molar-refractivity contribution in [2.75, 3.05) is 10.6 Å². The largest absolute Gasteiger partial charge is 0.430 e. The Kier molecular flexibility index (Phi) is 15.9. The zero-order valence-corrected chi connectivity index (χ0v) is 34.0. The van der Waals surface area contributed by atoms with Crippen LogP contribution in [-0.4, -0.2) is 70.1 Å². The van der Waals surface area contributed by atoms with Crippen molar-refractivity contribution in [3.8, 4) is 0 Å². The molecule has 0 bridgehead atoms. The molecule has 61 heavy (non-hydrogen) atoms. The van der Waals surface area contributed by atoms with Gasteiger partial charge in [0.2, 0.25) is 11.8 Å². The summed E-state index contributed by atoms with van der Waals surface area (Å²) in [7, 11) is -3.36. The van der Waals surface area contributed by atoms with Crippen LogP contribution in [0.2, 0.25) is 18.1 Å². The van der Waals surface area contributed by atoms with Crippen molar-refractivity contribution in [1.29, 1.82) is 0 Å². The molecule has 0 fully saturated rings. The van der Waals surface area contributed by atoms with Gasteiger partial charge in [-0.05, 0) is 73.9 Å². The minimum absolute atomic E-state index is 0.0389. The molecule has 2 amide bonds. The molecule has 0 aliphatic rings. The van der Waals surface area contributed by atoms with E-state index in [9.17, 15) is 67.4 Å². The summed E-state index contributed by atoms with van der Waals surface area (Å²) in [6, 6.07) is 9.48. The summed E-state index contributed by atoms with van der Waals surface area (Å²) in [6.45, 7) is 8.11. The molecular weight excluding hydrogens is 861 g/mol. The van der Waals surface area contributed by atoms with Crippen LogP contribution in [0.4, 0.5) is 64.1 Å². The standard InChI is InChI=1S/C22H27F6N3O2Si.C16H13F6N3O2/c1-5-34(6-2,7-3)33-20(21(23,24)25,22(26,27)28)16-9-12-17(13-10-16)29-19(32)14-18-11-8-15(4)30-31-18;1-9-7-23-12(24-8-9)6-13(26)25-11-4-2-10(3-5-11)14(27,15(17,18)19)16(20,21)22/h8-13H,5-7,14H2,1-4H3,(H,29,32);2-5,7-8,27H,6H2,1H3,(H,25,26). The number of amides is 2. The molecule has 0 atom stereocenters. The fourth-order valence-corrected chi connectivity index (χ4v) is 8.71. The van der Waals surface area contributed by atoms with E-state index >= 15 is 0 Å². The van der Waals surface area contributed by atoms with E-state index in [2.05, 4.69) is 30.8 Å². The number of alkyl halides is 12. The fraction of sp³-hybridized carbons (Fsp3) is 0.421. The summed E-state index contributed by atoms with van der Waals surface area (Å²) in [4.78, 5) is 31.9. The second kappa shape index (κ2) is 19.3. The van der Waals surface area contributed by atoms with Gasteiger partial charge in [-0.25, -0.2) is 9.97 Å². The van der Waals surface area contributed by atoms with E-state index in [4.69, 9.17) is 4.43 Å². The predicted molar refractivity (Wildman–Crippen MR) is 199 cm³/mol. The maximum Gasteiger partial charge on any atom is 0.430 e. The van der Waals surface area contributed by atoms with E-state index in [1.165, 1.54) is 12.4 Å². The molecule has 334 valence electrons. The summed E-state index contributed by atoms with van der Waals surface area (Å²) in [5.41, 5.74) is -10.2. The number of nitrogens with one attached hydrogen (secondary N) is 2. The van der Waals surface area contributed by atoms with Gasteiger partial charge in [0.05, 0.1) is 24.2 Å². The maximum absolute atomic E-state index is 14.2. The number of aliphatic hydroxyl groups is 1. The third-order valence-corrected chi connectivity index (χ3v) is 14.0. The van der Waals surface area contributed by atoms with Crippen molar-refractivity contribution in [2.45, 2.75) is 101 Å². The van der Waals surface area contributed by atoms with E-state index < -0.39 is 67.2 Å². The van der Waals surface area contributed by atoms with Crippen molar-refractivity contribution in [3.63, 3.8) is 0 Å². The van der Waals surface area contributed by atoms with Crippen LogP contribution in [0.15, 0.2) is 73.1 Å². The fourth-order valence-electron chi connectivity index (χ4n) is 5.77. The molecule has 4 aromatic rings. The van der Waals surface area contributed by atoms with Gasteiger partial charge in [-0.15, -0.1) is 0 Å². The Hall–Kier alpha value is -5.16. The Labute approximate surface area is 342 Å². The number of carbonyl (C=O) groups is 2. The molecular formula is C38H40F12N6O4Si. The van der Waals surface area contributed by atoms with Crippen LogP contribution in [-0.2, 0) is 38.1 Å². The molecule has 0 spiro atoms. The molecule has 2 heterocycles. The van der Waals surface area contributed by atoms with Gasteiger partial charge < -0.3 is 20.2 Å². The lowest BCUT2D eigenvalue weighted by atomic mass is 9.92. The highest BCUT2D eigenvalue weighted by Gasteiger charge is 2.75. The molecule has 0 saturated heterocycles. The molecule has 0 unspecified atom stereocenters. The Morgan fingerprint density at radius 2 is 1.03 bits per heavy atom. The third kappa shape index (κ3) is 11.8. The number of benzene rings is 2. The Bertz CT molecular complexity index is 2020. The molecule has 4 rings (SSSR count). The lowest BCUT2D eigenvalue weighted by Gasteiger charge is -2.44. The molecule has 0 radical (unpaired) electrons. The molecule has 10 nitrogen and oxygen atoms in total. The van der Waals surface area contributed by atoms with Gasteiger partial charge in [-0.1, -0.05) is 45.0 Å². The normalized spacial score (nSPS) is 13.0. The third-order valence-electron chi connectivity index (χ3n) is 9.43. The SMILES string of the molecule is CC[Si](CC)(CC)OC(c1ccc(NC(=O)Cc2ccc(C)nn2)cc1)(C(F)(F)F)C(F)(F)F.Cc1cnc(CC(=O)Nc2ccc(C(O)(C(F)(F)F)C(F)(F)F)cc2)nc1. The average Bonchev–Trinajstić information content (AvgIpc) is 3.16. The number of hydrogen-bond donors (Lipinski definition) is 3. The van der Waals surface area contributed by atoms with Crippen LogP contribution < -0.4 is 10.6 Å². The van der Waals surface area contributed by atoms with Crippen LogP contribution in [0.25, 0.3) is 0 Å². The number of carbonyl (C=O) groups excluding carboxylic acids is 2. The van der Waals surface area contributed by atoms with Gasteiger partial charge >= 0.3 is 24.7 Å². The lowest BCUT2D eigenvalue weighted by Crippen LogP contribution is -2.61. The zero-order valence-electron chi connectivity index (χ0n) is 33.0. The highest BCUT2D eigenvalue weighted by molar-refractivity contribution is 6.73. The smallest absolute Gasteiger partial charge is 0.393 e. The summed E-state index contributed by atoms with van der Waals surface area (Å²) in [6.07, 6.45) is -20.9. The van der Waals surface area contributed by atoms with E-state index in [1.807, 2.05) is 0 Å². The first kappa shape index (κ1) is 50.2. The lowest BCUT2D eigenvalue weighted by molar-refractivity contribution is -0.376. The summed E-state index contributed by atoms with van der Waals surface area (Å²) >= 11 is 0. The molecule has 0 saturated carbocycles. The van der Waals surface area contributed by atoms with Gasteiger partial charge in [-0.2, -0.15) is 62.9 Å². The van der Waals surface area contributed by atoms with Gasteiger partial charge in [-0.3, -0.25) is 9.59 Å². The number of anilines is 2. The number of aromatic nitrogens is 4. The summed E-state index contributed by atoms with van der Waals surface area (Å²) in [5, 5.41) is 21.7. The first-order valence-electron chi connectivity index (χ1n) is 18.1. The Morgan fingerprint density at radius 1 is 0.607 bits per heavy atom. The van der Waals surface area contributed by atoms with Crippen molar-refractivity contribution in [2.24, 2.45) is 0 Å². The molecule has 2 aromatic heterocycles. The minimum Gasteiger partial charge on any atom is -0.393 e. The van der Waals surface area contributed by atoms with Crippen LogP contribution >= 0.6 is 0 Å². The van der Waals surface area contributed by atoms with Gasteiger partial charge in [0, 0.05) is 34.9 Å². The maximum atomic E-state index is 14.2. The topological polar surface area (TPSA) is 139 Å². The molecule has 3 N–H and O–H groups in total. The van der Waals surface area contributed by atoms with Crippen molar-refractivity contribution in [3.05, 3.63) is 107 Å². The van der Waals surface area contributed by atoms with E-state index in [1.54, 1.807) is 46.8 Å². The first-order chi connectivity index (χ1) is 28.1. The molecule has 0 aliphatic heterocycles. The van der Waals surface area contributed by atoms with Crippen LogP contribution in [0.5, 0.6) is 0 Å². The number of nitrogens with zero attached hydrogens (tertiary/aromatic N) is 4. The van der Waals surface area contributed by atoms with Crippen LogP contribution in [0, 0.1) is 13.8 Å². The summed E-state index contributed by atoms with van der Waals surface area (Å²) < 4.78 is 167. The van der Waals surface area contributed by atoms with Crippen molar-refractivity contribution in [1.82, 2.24) is 20.2 Å². The highest BCUT2D eigenvalue weighted by atomic mass is 28.4. The zero-order chi connectivity index (χ0) is 46.2. The van der Waals surface area contributed by atoms with Gasteiger partial charge in [0.1, 0.15) is 5.82 Å². The Balaban J connectivity index is 0.000000334. The van der Waals surface area contributed by atoms with E-state index in [0.717, 1.165) is 29.8 Å². The number of rotatable bonds is 13. The van der Waals surface area contributed by atoms with Gasteiger partial charge in [0.15, 0.2) is 8.32 Å². The highest BCUT2D eigenvalue weighted by Crippen LogP contribution is 2.55. The average molecular weight is 901 g/mol. The van der Waals surface area contributed by atoms with E-state index in [0.29, 0.717) is 35.7 Å². The predicted octanol–water partition coefficient (Wildman–Crippen LogP) is 9.59. The van der Waals surface area contributed by atoms with Crippen molar-refractivity contribution < 1.29 is 71.8 Å². The second-order valence-electron chi connectivity index (χ2n) is 13.7. The van der Waals surface area contributed by atoms with E-state index in [-0.39, 0.29) is 48.2 Å². The van der Waals surface area contributed by atoms with Crippen LogP contribution in [0.1, 0.15) is 54.7 Å². The minimum atomic E-state index is -5.97. The summed E-state index contributed by atoms with van der Waals surface area (Å²) in [5.74, 6) is -0.971. The number of hydrogen-bond acceptors (Lipinski definition) is 8. The number of aryl methyl sites for hydroxylation is 2. The second-order valence-corrected chi connectivity index (χ2v) is 18.4. The molecule has 23 heteroatoms. The first-order valence-corrected chi connectivity index (χ1v) is 20.7. The molecule has 2 aromatic carbocycles. The van der Waals surface area contributed by atoms with Gasteiger partial charge in [0.25, 0.3) is 11.2 Å². The monoisotopic (exact) mass is 900 g/mol. The van der Waals surface area contributed by atoms with Crippen LogP contribution in [0.3, 0.4) is 0 Å². The van der Waals surface area contributed by atoms with Crippen molar-refractivity contribution >= 4 is 31.5 Å². The Morgan fingerprint density at radius 3 is 1.41 bits per heavy atom. The number of halogens is 12.